The lowest BCUT2D eigenvalue weighted by molar-refractivity contribution is -0.121. The molecule has 1 N–H and O–H groups in total. The van der Waals surface area contributed by atoms with Gasteiger partial charge in [0.1, 0.15) is 5.01 Å². The Balaban J connectivity index is 1.57. The highest BCUT2D eigenvalue weighted by molar-refractivity contribution is 7.13. The quantitative estimate of drug-likeness (QED) is 0.920. The Morgan fingerprint density at radius 1 is 1.55 bits per heavy atom. The molecule has 6 heteroatoms. The number of thiazole rings is 1. The van der Waals surface area contributed by atoms with Gasteiger partial charge < -0.3 is 10.1 Å². The van der Waals surface area contributed by atoms with Gasteiger partial charge in [0.2, 0.25) is 5.91 Å². The Bertz CT molecular complexity index is 623. The van der Waals surface area contributed by atoms with E-state index >= 15 is 0 Å². The first-order valence-electron chi connectivity index (χ1n) is 7.49. The highest BCUT2D eigenvalue weighted by Gasteiger charge is 2.23. The van der Waals surface area contributed by atoms with Crippen LogP contribution >= 0.6 is 11.3 Å². The molecule has 5 nitrogen and oxygen atoms in total. The maximum absolute atomic E-state index is 12.1. The molecule has 116 valence electrons. The van der Waals surface area contributed by atoms with E-state index in [0.29, 0.717) is 6.42 Å². The maximum atomic E-state index is 12.1. The molecule has 0 spiro atoms. The van der Waals surface area contributed by atoms with E-state index in [1.807, 2.05) is 30.5 Å². The van der Waals surface area contributed by atoms with E-state index in [4.69, 9.17) is 4.74 Å². The lowest BCUT2D eigenvalue weighted by Crippen LogP contribution is -2.41. The van der Waals surface area contributed by atoms with Crippen molar-refractivity contribution in [2.45, 2.75) is 38.3 Å². The van der Waals surface area contributed by atoms with Crippen molar-refractivity contribution in [1.82, 2.24) is 15.3 Å². The summed E-state index contributed by atoms with van der Waals surface area (Å²) in [7, 11) is 0. The molecule has 1 aliphatic rings. The summed E-state index contributed by atoms with van der Waals surface area (Å²) in [6.07, 6.45) is 4.27. The summed E-state index contributed by atoms with van der Waals surface area (Å²) in [4.78, 5) is 20.9. The molecule has 22 heavy (non-hydrogen) atoms. The van der Waals surface area contributed by atoms with Crippen LogP contribution in [0.4, 0.5) is 0 Å². The van der Waals surface area contributed by atoms with E-state index in [1.54, 1.807) is 6.20 Å². The summed E-state index contributed by atoms with van der Waals surface area (Å²) < 4.78 is 5.59. The van der Waals surface area contributed by atoms with Gasteiger partial charge in [-0.2, -0.15) is 0 Å². The van der Waals surface area contributed by atoms with Crippen LogP contribution in [0.15, 0.2) is 29.8 Å². The molecule has 1 aliphatic heterocycles. The SMILES string of the molecule is C[C@H](NC(=O)Cc1csc(-c2ccccn2)n1)[C@@H]1CCCO1. The first-order valence-corrected chi connectivity index (χ1v) is 8.37. The number of nitrogens with zero attached hydrogens (tertiary/aromatic N) is 2. The topological polar surface area (TPSA) is 64.1 Å². The average Bonchev–Trinajstić information content (AvgIpc) is 3.19. The highest BCUT2D eigenvalue weighted by atomic mass is 32.1. The van der Waals surface area contributed by atoms with Gasteiger partial charge in [0.25, 0.3) is 0 Å². The molecule has 0 bridgehead atoms. The van der Waals surface area contributed by atoms with Crippen LogP contribution in [-0.4, -0.2) is 34.6 Å². The van der Waals surface area contributed by atoms with Gasteiger partial charge in [0.15, 0.2) is 0 Å². The number of carbonyl (C=O) groups excluding carboxylic acids is 1. The van der Waals surface area contributed by atoms with Crippen LogP contribution in [0.3, 0.4) is 0 Å². The van der Waals surface area contributed by atoms with Gasteiger partial charge in [0.05, 0.1) is 30.0 Å². The van der Waals surface area contributed by atoms with Gasteiger partial charge in [-0.3, -0.25) is 9.78 Å². The Labute approximate surface area is 133 Å². The molecule has 3 rings (SSSR count). The van der Waals surface area contributed by atoms with E-state index in [9.17, 15) is 4.79 Å². The second-order valence-electron chi connectivity index (χ2n) is 5.44. The third-order valence-electron chi connectivity index (χ3n) is 3.69. The number of carbonyl (C=O) groups is 1. The van der Waals surface area contributed by atoms with Crippen molar-refractivity contribution in [3.05, 3.63) is 35.5 Å². The first-order chi connectivity index (χ1) is 10.7. The third kappa shape index (κ3) is 3.69. The fourth-order valence-corrected chi connectivity index (χ4v) is 3.35. The predicted octanol–water partition coefficient (Wildman–Crippen LogP) is 2.43. The summed E-state index contributed by atoms with van der Waals surface area (Å²) in [6, 6.07) is 5.77. The number of aromatic nitrogens is 2. The van der Waals surface area contributed by atoms with Gasteiger partial charge in [-0.25, -0.2) is 4.98 Å². The summed E-state index contributed by atoms with van der Waals surface area (Å²) in [5, 5.41) is 5.76. The van der Waals surface area contributed by atoms with Gasteiger partial charge in [-0.15, -0.1) is 11.3 Å². The zero-order valence-corrected chi connectivity index (χ0v) is 13.3. The number of hydrogen-bond donors (Lipinski definition) is 1. The molecule has 0 aliphatic carbocycles. The van der Waals surface area contributed by atoms with Gasteiger partial charge in [-0.05, 0) is 31.9 Å². The highest BCUT2D eigenvalue weighted by Crippen LogP contribution is 2.21. The van der Waals surface area contributed by atoms with Crippen LogP contribution in [0.1, 0.15) is 25.5 Å². The minimum atomic E-state index is -0.0131. The van der Waals surface area contributed by atoms with E-state index in [1.165, 1.54) is 11.3 Å². The van der Waals surface area contributed by atoms with Crippen LogP contribution in [-0.2, 0) is 16.0 Å². The molecule has 0 aromatic carbocycles. The Kier molecular flexibility index (Phi) is 4.80. The minimum absolute atomic E-state index is 0.0131. The second-order valence-corrected chi connectivity index (χ2v) is 6.30. The lowest BCUT2D eigenvalue weighted by atomic mass is 10.1. The Morgan fingerprint density at radius 3 is 3.18 bits per heavy atom. The van der Waals surface area contributed by atoms with Crippen LogP contribution in [0.5, 0.6) is 0 Å². The number of amides is 1. The number of rotatable bonds is 5. The predicted molar refractivity (Wildman–Crippen MR) is 85.6 cm³/mol. The molecule has 2 aromatic rings. The van der Waals surface area contributed by atoms with Crippen molar-refractivity contribution in [1.29, 1.82) is 0 Å². The summed E-state index contributed by atoms with van der Waals surface area (Å²) in [6.45, 7) is 2.79. The minimum Gasteiger partial charge on any atom is -0.376 e. The van der Waals surface area contributed by atoms with Crippen LogP contribution in [0.25, 0.3) is 10.7 Å². The Morgan fingerprint density at radius 2 is 2.45 bits per heavy atom. The van der Waals surface area contributed by atoms with Gasteiger partial charge >= 0.3 is 0 Å². The normalized spacial score (nSPS) is 19.0. The summed E-state index contributed by atoms with van der Waals surface area (Å²) in [5.41, 5.74) is 1.62. The van der Waals surface area contributed by atoms with Crippen molar-refractivity contribution in [2.24, 2.45) is 0 Å². The van der Waals surface area contributed by atoms with Crippen LogP contribution in [0.2, 0.25) is 0 Å². The zero-order chi connectivity index (χ0) is 15.4. The molecule has 0 saturated carbocycles. The molecule has 1 amide bonds. The number of pyridine rings is 1. The van der Waals surface area contributed by atoms with E-state index in [2.05, 4.69) is 15.3 Å². The van der Waals surface area contributed by atoms with E-state index in [-0.39, 0.29) is 18.1 Å². The number of nitrogens with one attached hydrogen (secondary N) is 1. The van der Waals surface area contributed by atoms with Crippen molar-refractivity contribution in [3.8, 4) is 10.7 Å². The van der Waals surface area contributed by atoms with Crippen molar-refractivity contribution in [3.63, 3.8) is 0 Å². The smallest absolute Gasteiger partial charge is 0.226 e. The summed E-state index contributed by atoms with van der Waals surface area (Å²) >= 11 is 1.51. The molecular weight excluding hydrogens is 298 g/mol. The lowest BCUT2D eigenvalue weighted by Gasteiger charge is -2.19. The second kappa shape index (κ2) is 6.98. The van der Waals surface area contributed by atoms with Crippen LogP contribution < -0.4 is 5.32 Å². The zero-order valence-electron chi connectivity index (χ0n) is 12.5. The molecule has 0 unspecified atom stereocenters. The average molecular weight is 317 g/mol. The largest absolute Gasteiger partial charge is 0.376 e. The fourth-order valence-electron chi connectivity index (χ4n) is 2.55. The molecule has 1 saturated heterocycles. The molecule has 1 fully saturated rings. The number of hydrogen-bond acceptors (Lipinski definition) is 5. The fraction of sp³-hybridized carbons (Fsp3) is 0.438. The van der Waals surface area contributed by atoms with Crippen LogP contribution in [0, 0.1) is 0 Å². The Hall–Kier alpha value is -1.79. The molecular formula is C16H19N3O2S. The van der Waals surface area contributed by atoms with E-state index < -0.39 is 0 Å². The van der Waals surface area contributed by atoms with Gasteiger partial charge in [-0.1, -0.05) is 6.07 Å². The maximum Gasteiger partial charge on any atom is 0.226 e. The standard InChI is InChI=1S/C16H19N3O2S/c1-11(14-6-4-8-21-14)18-15(20)9-12-10-22-16(19-12)13-5-2-3-7-17-13/h2-3,5,7,10-11,14H,4,6,8-9H2,1H3,(H,18,20)/t11-,14-/m0/s1. The monoisotopic (exact) mass is 317 g/mol. The van der Waals surface area contributed by atoms with E-state index in [0.717, 1.165) is 35.8 Å². The summed E-state index contributed by atoms with van der Waals surface area (Å²) in [5.74, 6) is -0.0131. The molecule has 2 aromatic heterocycles. The third-order valence-corrected chi connectivity index (χ3v) is 4.60. The molecule has 0 radical (unpaired) electrons. The molecule has 2 atom stereocenters. The van der Waals surface area contributed by atoms with Crippen molar-refractivity contribution >= 4 is 17.2 Å². The molecule has 3 heterocycles. The van der Waals surface area contributed by atoms with Crippen molar-refractivity contribution < 1.29 is 9.53 Å². The first kappa shape index (κ1) is 15.1. The number of ether oxygens (including phenoxy) is 1. The van der Waals surface area contributed by atoms with Crippen molar-refractivity contribution in [2.75, 3.05) is 6.61 Å². The van der Waals surface area contributed by atoms with Gasteiger partial charge in [0, 0.05) is 18.2 Å².